The molecule has 0 radical (unpaired) electrons. The van der Waals surface area contributed by atoms with Gasteiger partial charge in [-0.25, -0.2) is 4.79 Å². The maximum absolute atomic E-state index is 12.8. The topological polar surface area (TPSA) is 66.3 Å². The molecule has 2 rings (SSSR count). The molecule has 1 atom stereocenters. The van der Waals surface area contributed by atoms with Crippen molar-refractivity contribution in [1.29, 1.82) is 0 Å². The Labute approximate surface area is 191 Å². The number of halogens is 3. The minimum absolute atomic E-state index is 0.0262. The number of carbonyl (C=O) groups excluding carboxylic acids is 1. The number of alkyl halides is 3. The van der Waals surface area contributed by atoms with Gasteiger partial charge in [-0.2, -0.15) is 13.2 Å². The van der Waals surface area contributed by atoms with Crippen molar-refractivity contribution >= 4 is 11.7 Å². The summed E-state index contributed by atoms with van der Waals surface area (Å²) in [5.41, 5.74) is 0.846. The second kappa shape index (κ2) is 12.8. The Morgan fingerprint density at radius 1 is 1.00 bits per heavy atom. The largest absolute Gasteiger partial charge is 0.487 e. The molecule has 0 fully saturated rings. The van der Waals surface area contributed by atoms with Gasteiger partial charge in [-0.3, -0.25) is 0 Å². The fraction of sp³-hybridized carbons (Fsp3) is 0.417. The molecular weight excluding hydrogens is 439 g/mol. The molecule has 0 saturated heterocycles. The fourth-order valence-electron chi connectivity index (χ4n) is 2.93. The molecule has 2 aromatic carbocycles. The lowest BCUT2D eigenvalue weighted by Gasteiger charge is -2.16. The summed E-state index contributed by atoms with van der Waals surface area (Å²) in [5.74, 6) is 0.0711. The van der Waals surface area contributed by atoms with Crippen LogP contribution in [0.5, 0.6) is 5.75 Å². The van der Waals surface area contributed by atoms with E-state index in [1.807, 2.05) is 6.07 Å². The second-order valence-corrected chi connectivity index (χ2v) is 6.87. The second-order valence-electron chi connectivity index (χ2n) is 6.87. The Morgan fingerprint density at radius 2 is 1.73 bits per heavy atom. The zero-order chi connectivity index (χ0) is 24.3. The summed E-state index contributed by atoms with van der Waals surface area (Å²) in [7, 11) is 0. The first-order chi connectivity index (χ1) is 15.8. The van der Waals surface area contributed by atoms with E-state index in [-0.39, 0.29) is 13.2 Å². The van der Waals surface area contributed by atoms with Crippen molar-refractivity contribution in [3.05, 3.63) is 65.2 Å². The van der Waals surface area contributed by atoms with E-state index in [0.717, 1.165) is 17.7 Å². The van der Waals surface area contributed by atoms with Crippen molar-refractivity contribution in [3.8, 4) is 5.75 Å². The van der Waals surface area contributed by atoms with Crippen LogP contribution in [0.3, 0.4) is 0 Å². The van der Waals surface area contributed by atoms with Crippen molar-refractivity contribution in [2.24, 2.45) is 5.16 Å². The van der Waals surface area contributed by atoms with Crippen LogP contribution >= 0.6 is 0 Å². The zero-order valence-corrected chi connectivity index (χ0v) is 18.9. The van der Waals surface area contributed by atoms with E-state index < -0.39 is 23.8 Å². The van der Waals surface area contributed by atoms with E-state index in [1.165, 1.54) is 12.1 Å². The number of esters is 1. The first-order valence-electron chi connectivity index (χ1n) is 10.6. The van der Waals surface area contributed by atoms with Gasteiger partial charge < -0.3 is 19.0 Å². The van der Waals surface area contributed by atoms with Gasteiger partial charge in [-0.1, -0.05) is 29.4 Å². The molecule has 0 bridgehead atoms. The predicted molar refractivity (Wildman–Crippen MR) is 117 cm³/mol. The number of ether oxygens (including phenoxy) is 3. The summed E-state index contributed by atoms with van der Waals surface area (Å²) in [6, 6.07) is 11.7. The zero-order valence-electron chi connectivity index (χ0n) is 18.9. The lowest BCUT2D eigenvalue weighted by atomic mass is 10.1. The van der Waals surface area contributed by atoms with Gasteiger partial charge in [0.25, 0.3) is 0 Å². The third kappa shape index (κ3) is 8.42. The fourth-order valence-corrected chi connectivity index (χ4v) is 2.93. The lowest BCUT2D eigenvalue weighted by molar-refractivity contribution is -0.156. The summed E-state index contributed by atoms with van der Waals surface area (Å²) in [5, 5.41) is 3.99. The van der Waals surface area contributed by atoms with E-state index in [0.29, 0.717) is 36.7 Å². The van der Waals surface area contributed by atoms with Crippen LogP contribution in [0.4, 0.5) is 13.2 Å². The van der Waals surface area contributed by atoms with Crippen LogP contribution in [-0.4, -0.2) is 44.2 Å². The highest BCUT2D eigenvalue weighted by atomic mass is 19.4. The van der Waals surface area contributed by atoms with E-state index in [9.17, 15) is 18.0 Å². The minimum Gasteiger partial charge on any atom is -0.487 e. The van der Waals surface area contributed by atoms with Gasteiger partial charge in [0.1, 0.15) is 24.7 Å². The molecule has 2 aromatic rings. The Kier molecular flexibility index (Phi) is 10.2. The number of carbonyl (C=O) groups is 1. The monoisotopic (exact) mass is 467 g/mol. The molecule has 0 saturated carbocycles. The molecule has 0 aliphatic carbocycles. The van der Waals surface area contributed by atoms with Crippen LogP contribution in [0.2, 0.25) is 0 Å². The van der Waals surface area contributed by atoms with E-state index in [4.69, 9.17) is 19.0 Å². The summed E-state index contributed by atoms with van der Waals surface area (Å²) in [6.07, 6.45) is -4.84. The number of hydrogen-bond acceptors (Lipinski definition) is 6. The number of benzene rings is 2. The normalized spacial score (nSPS) is 12.8. The number of oxime groups is 1. The van der Waals surface area contributed by atoms with Crippen LogP contribution in [0.25, 0.3) is 0 Å². The van der Waals surface area contributed by atoms with Gasteiger partial charge in [0.05, 0.1) is 12.2 Å². The Bertz CT molecular complexity index is 913. The van der Waals surface area contributed by atoms with E-state index in [2.05, 4.69) is 5.16 Å². The standard InChI is InChI=1S/C24H28F3NO5/c1-4-30-22(23(29)31-5-2)15-17-8-7-9-20(14-17)32-16-21(28-33-6-3)18-10-12-19(13-11-18)24(25,26)27/h7-14,22H,4-6,15-16H2,1-3H3. The molecule has 1 unspecified atom stereocenters. The molecule has 0 aliphatic rings. The van der Waals surface area contributed by atoms with Gasteiger partial charge in [-0.05, 0) is 50.6 Å². The van der Waals surface area contributed by atoms with Crippen molar-refractivity contribution < 1.29 is 37.0 Å². The van der Waals surface area contributed by atoms with Crippen molar-refractivity contribution in [3.63, 3.8) is 0 Å². The van der Waals surface area contributed by atoms with E-state index in [1.54, 1.807) is 39.0 Å². The van der Waals surface area contributed by atoms with Gasteiger partial charge in [0.15, 0.2) is 6.10 Å². The first-order valence-corrected chi connectivity index (χ1v) is 10.6. The van der Waals surface area contributed by atoms with Crippen LogP contribution in [0, 0.1) is 0 Å². The average molecular weight is 467 g/mol. The van der Waals surface area contributed by atoms with Crippen LogP contribution < -0.4 is 4.74 Å². The molecule has 9 heteroatoms. The average Bonchev–Trinajstić information content (AvgIpc) is 2.79. The smallest absolute Gasteiger partial charge is 0.416 e. The molecule has 33 heavy (non-hydrogen) atoms. The SMILES string of the molecule is CCON=C(COc1cccc(CC(OCC)C(=O)OCC)c1)c1ccc(C(F)(F)F)cc1. The molecule has 0 spiro atoms. The molecule has 0 amide bonds. The minimum atomic E-state index is -4.42. The Morgan fingerprint density at radius 3 is 2.33 bits per heavy atom. The van der Waals surface area contributed by atoms with Gasteiger partial charge >= 0.3 is 12.1 Å². The first kappa shape index (κ1) is 26.2. The molecule has 180 valence electrons. The number of rotatable bonds is 12. The van der Waals surface area contributed by atoms with Crippen molar-refractivity contribution in [1.82, 2.24) is 0 Å². The highest BCUT2D eigenvalue weighted by Crippen LogP contribution is 2.29. The summed E-state index contributed by atoms with van der Waals surface area (Å²) >= 11 is 0. The highest BCUT2D eigenvalue weighted by Gasteiger charge is 2.30. The molecule has 0 aliphatic heterocycles. The maximum atomic E-state index is 12.8. The van der Waals surface area contributed by atoms with Crippen molar-refractivity contribution in [2.45, 2.75) is 39.5 Å². The summed E-state index contributed by atoms with van der Waals surface area (Å²) in [6.45, 7) is 6.17. The van der Waals surface area contributed by atoms with Gasteiger partial charge in [0.2, 0.25) is 0 Å². The van der Waals surface area contributed by atoms with Gasteiger partial charge in [-0.15, -0.1) is 0 Å². The van der Waals surface area contributed by atoms with Crippen molar-refractivity contribution in [2.75, 3.05) is 26.4 Å². The maximum Gasteiger partial charge on any atom is 0.416 e. The number of hydrogen-bond donors (Lipinski definition) is 0. The molecular formula is C24H28F3NO5. The van der Waals surface area contributed by atoms with Crippen LogP contribution in [0.1, 0.15) is 37.5 Å². The highest BCUT2D eigenvalue weighted by molar-refractivity contribution is 6.01. The van der Waals surface area contributed by atoms with Crippen LogP contribution in [0.15, 0.2) is 53.7 Å². The number of nitrogens with zero attached hydrogens (tertiary/aromatic N) is 1. The molecule has 6 nitrogen and oxygen atoms in total. The van der Waals surface area contributed by atoms with Gasteiger partial charge in [0, 0.05) is 18.6 Å². The summed E-state index contributed by atoms with van der Waals surface area (Å²) < 4.78 is 54.9. The Balaban J connectivity index is 2.12. The molecule has 0 N–H and O–H groups in total. The third-order valence-corrected chi connectivity index (χ3v) is 4.46. The molecule has 0 aromatic heterocycles. The Hall–Kier alpha value is -3.07. The molecule has 0 heterocycles. The quantitative estimate of drug-likeness (QED) is 0.249. The third-order valence-electron chi connectivity index (χ3n) is 4.46. The van der Waals surface area contributed by atoms with Crippen LogP contribution in [-0.2, 0) is 31.7 Å². The lowest BCUT2D eigenvalue weighted by Crippen LogP contribution is -2.29. The van der Waals surface area contributed by atoms with E-state index >= 15 is 0 Å². The summed E-state index contributed by atoms with van der Waals surface area (Å²) in [4.78, 5) is 17.2. The predicted octanol–water partition coefficient (Wildman–Crippen LogP) is 5.04.